The van der Waals surface area contributed by atoms with Gasteiger partial charge >= 0.3 is 19.5 Å². The van der Waals surface area contributed by atoms with Gasteiger partial charge in [0.25, 0.3) is 8.32 Å². The molecule has 0 aromatic heterocycles. The molecule has 2 aliphatic heterocycles. The van der Waals surface area contributed by atoms with Gasteiger partial charge in [0.1, 0.15) is 5.75 Å². The van der Waals surface area contributed by atoms with Crippen LogP contribution in [0.15, 0.2) is 120 Å². The molecule has 0 saturated carbocycles. The van der Waals surface area contributed by atoms with Crippen LogP contribution in [0.25, 0.3) is 6.08 Å². The first-order chi connectivity index (χ1) is 29.7. The number of carbonyl (C=O) groups is 2. The third-order valence-electron chi connectivity index (χ3n) is 12.6. The minimum atomic E-state index is -5.21. The van der Waals surface area contributed by atoms with Crippen molar-refractivity contribution in [2.24, 2.45) is 17.8 Å². The van der Waals surface area contributed by atoms with Crippen LogP contribution in [0, 0.1) is 17.8 Å². The third-order valence-corrected chi connectivity index (χ3v) is 17.5. The van der Waals surface area contributed by atoms with Crippen molar-refractivity contribution in [3.05, 3.63) is 137 Å². The van der Waals surface area contributed by atoms with Crippen LogP contribution >= 0.6 is 0 Å². The van der Waals surface area contributed by atoms with E-state index in [0.29, 0.717) is 47.4 Å². The summed E-state index contributed by atoms with van der Waals surface area (Å²) in [5.74, 6) is -4.97. The van der Waals surface area contributed by atoms with Crippen molar-refractivity contribution in [2.75, 3.05) is 11.5 Å². The smallest absolute Gasteiger partial charge is 0.455 e. The average Bonchev–Trinajstić information content (AvgIpc) is 3.47. The van der Waals surface area contributed by atoms with E-state index >= 15 is 0 Å². The highest BCUT2D eigenvalue weighted by molar-refractivity contribution is 6.99. The Balaban J connectivity index is 1.34. The number of aromatic hydroxyl groups is 1. The monoisotopic (exact) mass is 889 g/mol. The molecule has 2 saturated heterocycles. The van der Waals surface area contributed by atoms with Crippen LogP contribution in [0.1, 0.15) is 76.5 Å². The van der Waals surface area contributed by atoms with E-state index in [2.05, 4.69) is 20.8 Å². The van der Waals surface area contributed by atoms with Gasteiger partial charge in [0.15, 0.2) is 0 Å². The van der Waals surface area contributed by atoms with E-state index < -0.39 is 85.3 Å². The summed E-state index contributed by atoms with van der Waals surface area (Å²) in [4.78, 5) is 29.6. The molecule has 2 N–H and O–H groups in total. The van der Waals surface area contributed by atoms with Gasteiger partial charge in [0, 0.05) is 0 Å². The minimum absolute atomic E-state index is 0.0253. The Labute approximate surface area is 364 Å². The summed E-state index contributed by atoms with van der Waals surface area (Å²) in [6, 6.07) is 27.3. The average molecular weight is 890 g/mol. The highest BCUT2D eigenvalue weighted by Crippen LogP contribution is 2.52. The number of fused-ring (bicyclic) bond motifs is 3. The molecule has 3 aliphatic rings. The number of hydrogen-bond acceptors (Lipinski definition) is 6. The largest absolute Gasteiger partial charge is 0.508 e. The quantitative estimate of drug-likeness (QED) is 0.0637. The first-order valence-corrected chi connectivity index (χ1v) is 23.1. The normalized spacial score (nSPS) is 21.2. The summed E-state index contributed by atoms with van der Waals surface area (Å²) < 4.78 is 98.1. The van der Waals surface area contributed by atoms with Gasteiger partial charge in [-0.1, -0.05) is 119 Å². The van der Waals surface area contributed by atoms with Crippen LogP contribution in [-0.2, 0) is 31.0 Å². The maximum absolute atomic E-state index is 14.6. The molecule has 0 spiro atoms. The van der Waals surface area contributed by atoms with E-state index in [1.807, 2.05) is 79.7 Å². The number of phenols is 1. The molecule has 4 aromatic carbocycles. The first-order valence-electron chi connectivity index (χ1n) is 21.2. The lowest BCUT2D eigenvalue weighted by Crippen LogP contribution is -2.66. The summed E-state index contributed by atoms with van der Waals surface area (Å²) in [5, 5.41) is 23.0. The Hall–Kier alpha value is -4.96. The molecule has 7 rings (SSSR count). The number of hydrogen-bond donors (Lipinski definition) is 2. The predicted molar refractivity (Wildman–Crippen MR) is 233 cm³/mol. The van der Waals surface area contributed by atoms with Crippen LogP contribution in [0.5, 0.6) is 5.75 Å². The number of carbonyl (C=O) groups excluding carboxylic acids is 2. The van der Waals surface area contributed by atoms with Crippen molar-refractivity contribution in [1.82, 2.24) is 0 Å². The standard InChI is InChI=1S/C48H50BF6NO6Si/c1-5-13-30(22-31-14-12-15-36(57)23-31)20-21-41-42-32(29-61-63(46(2,3)4,37-16-8-6-9-17-37)38-18-10-7-11-19-38)24-39-43(40(42)28-49(60)62-41)45(59)56(44(39)58)35-26-33(47(50,51)52)25-34(27-35)48(53,54)55/h6-12,14-19,22-23,25-27,39-41,43,57,60H,5,13,20-21,24,28-29H2,1-4H3/b30-22+/t39-,40+,41-,43-/m1/s1. The number of benzene rings is 4. The number of allylic oxidation sites excluding steroid dienone is 1. The highest BCUT2D eigenvalue weighted by atomic mass is 28.4. The molecule has 0 unspecified atom stereocenters. The van der Waals surface area contributed by atoms with Gasteiger partial charge in [-0.25, -0.2) is 4.90 Å². The third kappa shape index (κ3) is 9.34. The van der Waals surface area contributed by atoms with Crippen molar-refractivity contribution < 1.29 is 55.1 Å². The zero-order valence-corrected chi connectivity index (χ0v) is 36.5. The van der Waals surface area contributed by atoms with Gasteiger partial charge in [-0.2, -0.15) is 26.3 Å². The number of amides is 2. The molecule has 7 nitrogen and oxygen atoms in total. The van der Waals surface area contributed by atoms with E-state index in [1.165, 1.54) is 0 Å². The maximum atomic E-state index is 14.6. The summed E-state index contributed by atoms with van der Waals surface area (Å²) in [6.45, 7) is 8.33. The van der Waals surface area contributed by atoms with Gasteiger partial charge in [-0.3, -0.25) is 9.59 Å². The highest BCUT2D eigenvalue weighted by Gasteiger charge is 2.59. The minimum Gasteiger partial charge on any atom is -0.508 e. The number of phenolic OH excluding ortho intramolecular Hbond substituents is 1. The van der Waals surface area contributed by atoms with Crippen LogP contribution in [0.4, 0.5) is 32.0 Å². The topological polar surface area (TPSA) is 96.3 Å². The number of halogens is 6. The number of nitrogens with zero attached hydrogens (tertiary/aromatic N) is 1. The SMILES string of the molecule is CCC/C(=C\c1cccc(O)c1)CC[C@H]1OB(O)C[C@H]2C1=C(CO[Si](c1ccccc1)(c1ccccc1)C(C)(C)C)C[C@H]1C(=O)N(c3cc(C(F)(F)F)cc(C(F)(F)F)c3)C(=O)[C@H]12. The van der Waals surface area contributed by atoms with Crippen molar-refractivity contribution in [2.45, 2.75) is 89.6 Å². The summed E-state index contributed by atoms with van der Waals surface area (Å²) in [7, 11) is -4.62. The van der Waals surface area contributed by atoms with E-state index in [-0.39, 0.29) is 31.2 Å². The van der Waals surface area contributed by atoms with Gasteiger partial charge in [-0.05, 0) is 100 Å². The molecule has 1 aliphatic carbocycles. The Morgan fingerprint density at radius 1 is 0.825 bits per heavy atom. The van der Waals surface area contributed by atoms with E-state index in [9.17, 15) is 46.1 Å². The molecular weight excluding hydrogens is 839 g/mol. The molecule has 15 heteroatoms. The lowest BCUT2D eigenvalue weighted by molar-refractivity contribution is -0.143. The molecule has 2 amide bonds. The molecule has 2 fully saturated rings. The molecule has 63 heavy (non-hydrogen) atoms. The zero-order valence-electron chi connectivity index (χ0n) is 35.5. The molecular formula is C48H50BF6NO6Si. The number of imide groups is 1. The first kappa shape index (κ1) is 46.0. The Kier molecular flexibility index (Phi) is 13.1. The molecule has 2 heterocycles. The second-order valence-electron chi connectivity index (χ2n) is 17.7. The Morgan fingerprint density at radius 2 is 1.43 bits per heavy atom. The fourth-order valence-corrected chi connectivity index (χ4v) is 14.5. The fourth-order valence-electron chi connectivity index (χ4n) is 9.93. The van der Waals surface area contributed by atoms with E-state index in [0.717, 1.165) is 27.9 Å². The lowest BCUT2D eigenvalue weighted by atomic mass is 9.58. The van der Waals surface area contributed by atoms with Crippen LogP contribution < -0.4 is 15.3 Å². The van der Waals surface area contributed by atoms with E-state index in [1.54, 1.807) is 18.2 Å². The summed E-state index contributed by atoms with van der Waals surface area (Å²) >= 11 is 0. The number of rotatable bonds is 12. The molecule has 332 valence electrons. The van der Waals surface area contributed by atoms with Crippen molar-refractivity contribution in [3.63, 3.8) is 0 Å². The van der Waals surface area contributed by atoms with Gasteiger partial charge in [-0.15, -0.1) is 0 Å². The summed E-state index contributed by atoms with van der Waals surface area (Å²) in [6.07, 6.45) is -7.09. The second kappa shape index (κ2) is 17.9. The molecule has 0 bridgehead atoms. The molecule has 4 atom stereocenters. The summed E-state index contributed by atoms with van der Waals surface area (Å²) in [5.41, 5.74) is -1.00. The van der Waals surface area contributed by atoms with Gasteiger partial charge in [0.05, 0.1) is 41.4 Å². The lowest BCUT2D eigenvalue weighted by Gasteiger charge is -2.46. The van der Waals surface area contributed by atoms with Crippen molar-refractivity contribution >= 4 is 49.4 Å². The Morgan fingerprint density at radius 3 is 1.97 bits per heavy atom. The molecule has 4 aromatic rings. The Bertz CT molecular complexity index is 2310. The van der Waals surface area contributed by atoms with E-state index in [4.69, 9.17) is 9.08 Å². The fraction of sp³-hybridized carbons (Fsp3) is 0.375. The molecule has 0 radical (unpaired) electrons. The van der Waals surface area contributed by atoms with Gasteiger partial charge < -0.3 is 19.2 Å². The van der Waals surface area contributed by atoms with Crippen molar-refractivity contribution in [3.8, 4) is 5.75 Å². The van der Waals surface area contributed by atoms with Crippen molar-refractivity contribution in [1.29, 1.82) is 0 Å². The number of alkyl halides is 6. The van der Waals surface area contributed by atoms with Crippen LogP contribution in [-0.4, -0.2) is 50.1 Å². The van der Waals surface area contributed by atoms with Crippen LogP contribution in [0.3, 0.4) is 0 Å². The second-order valence-corrected chi connectivity index (χ2v) is 22.0. The van der Waals surface area contributed by atoms with Gasteiger partial charge in [0.2, 0.25) is 11.8 Å². The maximum Gasteiger partial charge on any atom is 0.455 e. The zero-order chi connectivity index (χ0) is 45.5. The van der Waals surface area contributed by atoms with Crippen LogP contribution in [0.2, 0.25) is 11.4 Å². The number of anilines is 1. The predicted octanol–water partition coefficient (Wildman–Crippen LogP) is 9.97.